The first-order chi connectivity index (χ1) is 14.8. The second-order valence-corrected chi connectivity index (χ2v) is 7.73. The highest BCUT2D eigenvalue weighted by atomic mass is 19.1. The maximum atomic E-state index is 13.4. The number of hydrogen-bond acceptors (Lipinski definition) is 5. The van der Waals surface area contributed by atoms with Gasteiger partial charge in [0.1, 0.15) is 5.82 Å². The Hall–Kier alpha value is -3.74. The molecule has 0 aliphatic rings. The summed E-state index contributed by atoms with van der Waals surface area (Å²) in [5.74, 6) is -0.504. The number of nitrogens with zero attached hydrogens (tertiary/aromatic N) is 4. The van der Waals surface area contributed by atoms with Crippen molar-refractivity contribution in [3.8, 4) is 11.3 Å². The Morgan fingerprint density at radius 3 is 2.35 bits per heavy atom. The van der Waals surface area contributed by atoms with Crippen LogP contribution in [0.5, 0.6) is 0 Å². The van der Waals surface area contributed by atoms with E-state index >= 15 is 0 Å². The Balaban J connectivity index is 1.69. The first-order valence-electron chi connectivity index (χ1n) is 9.88. The molecule has 0 bridgehead atoms. The van der Waals surface area contributed by atoms with E-state index in [9.17, 15) is 9.18 Å². The van der Waals surface area contributed by atoms with Crippen LogP contribution in [0.15, 0.2) is 59.1 Å². The standard InChI is InChI=1S/C24H23FN4O2/c1-15-22-20(24(30)29(4)14-16-5-11-19(12-6-16)28(2)3)13-21(26-23(22)31-27-15)17-7-9-18(25)10-8-17/h5-13H,14H2,1-4H3. The first-order valence-corrected chi connectivity index (χ1v) is 9.88. The van der Waals surface area contributed by atoms with E-state index in [0.29, 0.717) is 34.4 Å². The molecule has 31 heavy (non-hydrogen) atoms. The molecular weight excluding hydrogens is 395 g/mol. The molecule has 2 heterocycles. The largest absolute Gasteiger partial charge is 0.378 e. The second kappa shape index (κ2) is 8.18. The summed E-state index contributed by atoms with van der Waals surface area (Å²) in [5.41, 5.74) is 4.66. The molecule has 7 heteroatoms. The van der Waals surface area contributed by atoms with Gasteiger partial charge in [-0.05, 0) is 55.0 Å². The second-order valence-electron chi connectivity index (χ2n) is 7.73. The Labute approximate surface area is 179 Å². The van der Waals surface area contributed by atoms with Gasteiger partial charge in [0.05, 0.1) is 22.3 Å². The maximum absolute atomic E-state index is 13.4. The zero-order chi connectivity index (χ0) is 22.1. The third-order valence-electron chi connectivity index (χ3n) is 5.21. The number of fused-ring (bicyclic) bond motifs is 1. The summed E-state index contributed by atoms with van der Waals surface area (Å²) >= 11 is 0. The van der Waals surface area contributed by atoms with Gasteiger partial charge in [-0.2, -0.15) is 0 Å². The molecule has 0 aliphatic carbocycles. The molecular formula is C24H23FN4O2. The van der Waals surface area contributed by atoms with Crippen LogP contribution in [-0.4, -0.2) is 42.1 Å². The molecule has 2 aromatic carbocycles. The summed E-state index contributed by atoms with van der Waals surface area (Å²) in [4.78, 5) is 21.5. The van der Waals surface area contributed by atoms with Crippen LogP contribution in [-0.2, 0) is 6.54 Å². The third-order valence-corrected chi connectivity index (χ3v) is 5.21. The van der Waals surface area contributed by atoms with Gasteiger partial charge in [-0.1, -0.05) is 17.3 Å². The molecule has 1 amide bonds. The minimum Gasteiger partial charge on any atom is -0.378 e. The summed E-state index contributed by atoms with van der Waals surface area (Å²) in [6.45, 7) is 2.23. The van der Waals surface area contributed by atoms with Crippen molar-refractivity contribution in [3.63, 3.8) is 0 Å². The van der Waals surface area contributed by atoms with Crippen LogP contribution in [0.3, 0.4) is 0 Å². The fourth-order valence-electron chi connectivity index (χ4n) is 3.48. The monoisotopic (exact) mass is 418 g/mol. The molecule has 6 nitrogen and oxygen atoms in total. The van der Waals surface area contributed by atoms with Gasteiger partial charge in [-0.15, -0.1) is 0 Å². The van der Waals surface area contributed by atoms with Gasteiger partial charge in [-0.3, -0.25) is 4.79 Å². The van der Waals surface area contributed by atoms with Crippen LogP contribution in [0.4, 0.5) is 10.1 Å². The third kappa shape index (κ3) is 4.12. The van der Waals surface area contributed by atoms with Crippen LogP contribution < -0.4 is 4.90 Å². The summed E-state index contributed by atoms with van der Waals surface area (Å²) < 4.78 is 18.7. The van der Waals surface area contributed by atoms with Crippen molar-refractivity contribution in [2.24, 2.45) is 0 Å². The van der Waals surface area contributed by atoms with Crippen molar-refractivity contribution < 1.29 is 13.7 Å². The minimum atomic E-state index is -0.336. The lowest BCUT2D eigenvalue weighted by atomic mass is 10.0. The van der Waals surface area contributed by atoms with Gasteiger partial charge in [0.2, 0.25) is 0 Å². The SMILES string of the molecule is Cc1noc2nc(-c3ccc(F)cc3)cc(C(=O)N(C)Cc3ccc(N(C)C)cc3)c12. The van der Waals surface area contributed by atoms with Crippen molar-refractivity contribution in [2.75, 3.05) is 26.0 Å². The molecule has 0 saturated carbocycles. The molecule has 0 unspecified atom stereocenters. The van der Waals surface area contributed by atoms with E-state index in [1.165, 1.54) is 12.1 Å². The molecule has 0 atom stereocenters. The van der Waals surface area contributed by atoms with Crippen molar-refractivity contribution in [1.82, 2.24) is 15.0 Å². The van der Waals surface area contributed by atoms with E-state index in [0.717, 1.165) is 11.3 Å². The number of pyridine rings is 1. The topological polar surface area (TPSA) is 62.5 Å². The Morgan fingerprint density at radius 1 is 1.03 bits per heavy atom. The molecule has 0 saturated heterocycles. The molecule has 0 aliphatic heterocycles. The Kier molecular flexibility index (Phi) is 5.42. The van der Waals surface area contributed by atoms with Crippen LogP contribution in [0, 0.1) is 12.7 Å². The number of halogens is 1. The van der Waals surface area contributed by atoms with Gasteiger partial charge in [0, 0.05) is 38.9 Å². The number of rotatable bonds is 5. The highest BCUT2D eigenvalue weighted by Crippen LogP contribution is 2.28. The Bertz CT molecular complexity index is 1230. The van der Waals surface area contributed by atoms with Gasteiger partial charge in [0.25, 0.3) is 11.6 Å². The normalized spacial score (nSPS) is 11.0. The average molecular weight is 418 g/mol. The molecule has 0 spiro atoms. The molecule has 158 valence electrons. The van der Waals surface area contributed by atoms with Crippen molar-refractivity contribution >= 4 is 22.7 Å². The fraction of sp³-hybridized carbons (Fsp3) is 0.208. The molecule has 4 aromatic rings. The quantitative estimate of drug-likeness (QED) is 0.471. The minimum absolute atomic E-state index is 0.168. The number of aryl methyl sites for hydroxylation is 1. The number of carbonyl (C=O) groups excluding carboxylic acids is 1. The smallest absolute Gasteiger partial charge is 0.259 e. The highest BCUT2D eigenvalue weighted by molar-refractivity contribution is 6.06. The number of amides is 1. The molecule has 0 radical (unpaired) electrons. The number of hydrogen-bond donors (Lipinski definition) is 0. The van der Waals surface area contributed by atoms with E-state index in [4.69, 9.17) is 4.52 Å². The summed E-state index contributed by atoms with van der Waals surface area (Å²) in [7, 11) is 5.73. The summed E-state index contributed by atoms with van der Waals surface area (Å²) in [6, 6.07) is 15.7. The van der Waals surface area contributed by atoms with E-state index in [1.807, 2.05) is 43.3 Å². The summed E-state index contributed by atoms with van der Waals surface area (Å²) in [6.07, 6.45) is 0. The number of aromatic nitrogens is 2. The van der Waals surface area contributed by atoms with Gasteiger partial charge >= 0.3 is 0 Å². The van der Waals surface area contributed by atoms with Crippen molar-refractivity contribution in [1.29, 1.82) is 0 Å². The number of anilines is 1. The van der Waals surface area contributed by atoms with Gasteiger partial charge < -0.3 is 14.3 Å². The lowest BCUT2D eigenvalue weighted by Crippen LogP contribution is -2.26. The fourth-order valence-corrected chi connectivity index (χ4v) is 3.48. The first kappa shape index (κ1) is 20.5. The zero-order valence-corrected chi connectivity index (χ0v) is 17.9. The van der Waals surface area contributed by atoms with Crippen LogP contribution in [0.2, 0.25) is 0 Å². The predicted octanol–water partition coefficient (Wildman–Crippen LogP) is 4.68. The van der Waals surface area contributed by atoms with E-state index < -0.39 is 0 Å². The van der Waals surface area contributed by atoms with E-state index in [-0.39, 0.29) is 17.4 Å². The van der Waals surface area contributed by atoms with E-state index in [2.05, 4.69) is 10.1 Å². The van der Waals surface area contributed by atoms with Crippen molar-refractivity contribution in [2.45, 2.75) is 13.5 Å². The van der Waals surface area contributed by atoms with Crippen LogP contribution in [0.1, 0.15) is 21.6 Å². The molecule has 0 N–H and O–H groups in total. The predicted molar refractivity (Wildman–Crippen MR) is 119 cm³/mol. The average Bonchev–Trinajstić information content (AvgIpc) is 3.14. The highest BCUT2D eigenvalue weighted by Gasteiger charge is 2.22. The zero-order valence-electron chi connectivity index (χ0n) is 17.9. The van der Waals surface area contributed by atoms with Gasteiger partial charge in [-0.25, -0.2) is 9.37 Å². The van der Waals surface area contributed by atoms with E-state index in [1.54, 1.807) is 37.1 Å². The Morgan fingerprint density at radius 2 is 1.71 bits per heavy atom. The lowest BCUT2D eigenvalue weighted by Gasteiger charge is -2.19. The number of carbonyl (C=O) groups is 1. The number of benzene rings is 2. The summed E-state index contributed by atoms with van der Waals surface area (Å²) in [5, 5.41) is 4.57. The van der Waals surface area contributed by atoms with Crippen LogP contribution in [0.25, 0.3) is 22.4 Å². The molecule has 0 fully saturated rings. The van der Waals surface area contributed by atoms with Crippen molar-refractivity contribution in [3.05, 3.63) is 77.2 Å². The molecule has 4 rings (SSSR count). The van der Waals surface area contributed by atoms with Crippen LogP contribution >= 0.6 is 0 Å². The van der Waals surface area contributed by atoms with Gasteiger partial charge in [0.15, 0.2) is 0 Å². The molecule has 2 aromatic heterocycles. The maximum Gasteiger partial charge on any atom is 0.259 e. The lowest BCUT2D eigenvalue weighted by molar-refractivity contribution is 0.0787.